The monoisotopic (exact) mass is 306 g/mol. The fourth-order valence-corrected chi connectivity index (χ4v) is 1.87. The van der Waals surface area contributed by atoms with E-state index in [1.807, 2.05) is 0 Å². The van der Waals surface area contributed by atoms with Crippen molar-refractivity contribution in [1.82, 2.24) is 10.3 Å². The molecule has 1 aromatic heterocycles. The van der Waals surface area contributed by atoms with Crippen molar-refractivity contribution < 1.29 is 18.0 Å². The number of allylic oxidation sites excluding steroid dienone is 1. The fraction of sp³-hybridized carbons (Fsp3) is 0.385. The van der Waals surface area contributed by atoms with Gasteiger partial charge in [-0.15, -0.1) is 6.58 Å². The minimum Gasteiger partial charge on any atom is -0.349 e. The van der Waals surface area contributed by atoms with Gasteiger partial charge in [-0.3, -0.25) is 4.79 Å². The van der Waals surface area contributed by atoms with E-state index in [2.05, 4.69) is 16.9 Å². The molecular weight excluding hydrogens is 293 g/mol. The van der Waals surface area contributed by atoms with Crippen molar-refractivity contribution >= 4 is 17.5 Å². The molecule has 0 fully saturated rings. The number of rotatable bonds is 5. The summed E-state index contributed by atoms with van der Waals surface area (Å²) in [5.41, 5.74) is -0.719. The predicted molar refractivity (Wildman–Crippen MR) is 70.2 cm³/mol. The SMILES string of the molecule is C=CCCC(=O)N[C@H](C)c1ccc(C(F)(F)F)nc1Cl. The molecule has 3 nitrogen and oxygen atoms in total. The van der Waals surface area contributed by atoms with E-state index in [-0.39, 0.29) is 17.5 Å². The van der Waals surface area contributed by atoms with Crippen LogP contribution in [0.5, 0.6) is 0 Å². The molecule has 0 unspecified atom stereocenters. The van der Waals surface area contributed by atoms with Crippen LogP contribution in [0.1, 0.15) is 37.1 Å². The highest BCUT2D eigenvalue weighted by molar-refractivity contribution is 6.30. The average Bonchev–Trinajstić information content (AvgIpc) is 2.34. The van der Waals surface area contributed by atoms with Crippen LogP contribution in [0.2, 0.25) is 5.15 Å². The lowest BCUT2D eigenvalue weighted by Gasteiger charge is -2.16. The molecule has 1 N–H and O–H groups in total. The van der Waals surface area contributed by atoms with Gasteiger partial charge in [0.1, 0.15) is 10.8 Å². The molecule has 110 valence electrons. The minimum atomic E-state index is -4.54. The van der Waals surface area contributed by atoms with Crippen LogP contribution in [0.25, 0.3) is 0 Å². The van der Waals surface area contributed by atoms with E-state index in [1.165, 1.54) is 6.07 Å². The Morgan fingerprint density at radius 2 is 2.20 bits per heavy atom. The number of carbonyl (C=O) groups is 1. The van der Waals surface area contributed by atoms with Gasteiger partial charge in [-0.25, -0.2) is 4.98 Å². The van der Waals surface area contributed by atoms with Gasteiger partial charge in [-0.2, -0.15) is 13.2 Å². The Balaban J connectivity index is 2.81. The van der Waals surface area contributed by atoms with E-state index in [0.29, 0.717) is 12.0 Å². The fourth-order valence-electron chi connectivity index (χ4n) is 1.55. The second-order valence-electron chi connectivity index (χ2n) is 4.19. The Bertz CT molecular complexity index is 503. The third kappa shape index (κ3) is 4.52. The van der Waals surface area contributed by atoms with Gasteiger partial charge >= 0.3 is 6.18 Å². The van der Waals surface area contributed by atoms with Gasteiger partial charge in [0.2, 0.25) is 5.91 Å². The summed E-state index contributed by atoms with van der Waals surface area (Å²) in [6.07, 6.45) is -2.15. The number of aromatic nitrogens is 1. The van der Waals surface area contributed by atoms with Crippen molar-refractivity contribution in [3.63, 3.8) is 0 Å². The molecule has 1 rings (SSSR count). The number of hydrogen-bond acceptors (Lipinski definition) is 2. The number of hydrogen-bond donors (Lipinski definition) is 1. The number of pyridine rings is 1. The highest BCUT2D eigenvalue weighted by atomic mass is 35.5. The molecule has 0 bridgehead atoms. The number of halogens is 4. The zero-order chi connectivity index (χ0) is 15.3. The van der Waals surface area contributed by atoms with Crippen molar-refractivity contribution in [3.8, 4) is 0 Å². The van der Waals surface area contributed by atoms with Crippen molar-refractivity contribution in [2.24, 2.45) is 0 Å². The first-order chi connectivity index (χ1) is 9.25. The molecule has 0 saturated heterocycles. The summed E-state index contributed by atoms with van der Waals surface area (Å²) in [5, 5.41) is 2.37. The summed E-state index contributed by atoms with van der Waals surface area (Å²) in [6.45, 7) is 5.13. The first-order valence-electron chi connectivity index (χ1n) is 5.89. The molecular formula is C13H14ClF3N2O. The molecule has 0 spiro atoms. The first kappa shape index (κ1) is 16.5. The molecule has 0 aliphatic rings. The van der Waals surface area contributed by atoms with Crippen LogP contribution >= 0.6 is 11.6 Å². The van der Waals surface area contributed by atoms with Gasteiger partial charge in [0.25, 0.3) is 0 Å². The molecule has 1 amide bonds. The number of carbonyl (C=O) groups excluding carboxylic acids is 1. The third-order valence-corrected chi connectivity index (χ3v) is 2.89. The minimum absolute atomic E-state index is 0.228. The molecule has 1 heterocycles. The summed E-state index contributed by atoms with van der Waals surface area (Å²) in [6, 6.07) is 1.54. The van der Waals surface area contributed by atoms with Crippen LogP contribution in [0.4, 0.5) is 13.2 Å². The normalized spacial score (nSPS) is 12.8. The maximum absolute atomic E-state index is 12.4. The van der Waals surface area contributed by atoms with Crippen LogP contribution < -0.4 is 5.32 Å². The van der Waals surface area contributed by atoms with Gasteiger partial charge in [-0.05, 0) is 19.4 Å². The molecule has 0 saturated carbocycles. The maximum Gasteiger partial charge on any atom is 0.433 e. The molecule has 1 atom stereocenters. The van der Waals surface area contributed by atoms with Crippen LogP contribution in [0.3, 0.4) is 0 Å². The molecule has 0 radical (unpaired) electrons. The van der Waals surface area contributed by atoms with Gasteiger partial charge in [-0.1, -0.05) is 23.7 Å². The van der Waals surface area contributed by atoms with E-state index in [9.17, 15) is 18.0 Å². The van der Waals surface area contributed by atoms with E-state index >= 15 is 0 Å². The number of nitrogens with one attached hydrogen (secondary N) is 1. The lowest BCUT2D eigenvalue weighted by atomic mass is 10.1. The molecule has 1 aromatic rings. The quantitative estimate of drug-likeness (QED) is 0.662. The Hall–Kier alpha value is -1.56. The van der Waals surface area contributed by atoms with Gasteiger partial charge in [0.15, 0.2) is 0 Å². The smallest absolute Gasteiger partial charge is 0.349 e. The maximum atomic E-state index is 12.4. The number of alkyl halides is 3. The van der Waals surface area contributed by atoms with Crippen LogP contribution in [-0.2, 0) is 11.0 Å². The molecule has 7 heteroatoms. The molecule has 20 heavy (non-hydrogen) atoms. The summed E-state index contributed by atoms with van der Waals surface area (Å²) < 4.78 is 37.3. The largest absolute Gasteiger partial charge is 0.433 e. The topological polar surface area (TPSA) is 42.0 Å². The van der Waals surface area contributed by atoms with E-state index < -0.39 is 17.9 Å². The van der Waals surface area contributed by atoms with Crippen molar-refractivity contribution in [2.75, 3.05) is 0 Å². The summed E-state index contributed by atoms with van der Waals surface area (Å²) in [4.78, 5) is 14.8. The van der Waals surface area contributed by atoms with Crippen molar-refractivity contribution in [2.45, 2.75) is 32.0 Å². The average molecular weight is 307 g/mol. The lowest BCUT2D eigenvalue weighted by molar-refractivity contribution is -0.141. The zero-order valence-corrected chi connectivity index (χ0v) is 11.6. The van der Waals surface area contributed by atoms with Gasteiger partial charge < -0.3 is 5.32 Å². The Morgan fingerprint density at radius 1 is 1.55 bits per heavy atom. The highest BCUT2D eigenvalue weighted by Gasteiger charge is 2.33. The summed E-state index contributed by atoms with van der Waals surface area (Å²) >= 11 is 5.74. The van der Waals surface area contributed by atoms with E-state index in [4.69, 9.17) is 11.6 Å². The van der Waals surface area contributed by atoms with Gasteiger partial charge in [0, 0.05) is 12.0 Å². The summed E-state index contributed by atoms with van der Waals surface area (Å²) in [7, 11) is 0. The Labute approximate surface area is 119 Å². The number of amides is 1. The van der Waals surface area contributed by atoms with Crippen molar-refractivity contribution in [3.05, 3.63) is 41.2 Å². The summed E-state index contributed by atoms with van der Waals surface area (Å²) in [5.74, 6) is -0.228. The number of nitrogens with zero attached hydrogens (tertiary/aromatic N) is 1. The van der Waals surface area contributed by atoms with Crippen molar-refractivity contribution in [1.29, 1.82) is 0 Å². The predicted octanol–water partition coefficient (Wildman–Crippen LogP) is 3.90. The van der Waals surface area contributed by atoms with E-state index in [0.717, 1.165) is 6.07 Å². The third-order valence-electron chi connectivity index (χ3n) is 2.59. The molecule has 0 aliphatic heterocycles. The first-order valence-corrected chi connectivity index (χ1v) is 6.27. The Kier molecular flexibility index (Phi) is 5.56. The van der Waals surface area contributed by atoms with Crippen LogP contribution in [0.15, 0.2) is 24.8 Å². The van der Waals surface area contributed by atoms with Gasteiger partial charge in [0.05, 0.1) is 6.04 Å². The molecule has 0 aliphatic carbocycles. The second kappa shape index (κ2) is 6.74. The highest BCUT2D eigenvalue weighted by Crippen LogP contribution is 2.30. The van der Waals surface area contributed by atoms with Crippen LogP contribution in [0, 0.1) is 0 Å². The van der Waals surface area contributed by atoms with Crippen LogP contribution in [-0.4, -0.2) is 10.9 Å². The molecule has 0 aromatic carbocycles. The standard InChI is InChI=1S/C13H14ClF3N2O/c1-3-4-5-11(20)18-8(2)9-6-7-10(13(15,16)17)19-12(9)14/h3,6-8H,1,4-5H2,2H3,(H,18,20)/t8-/m1/s1. The second-order valence-corrected chi connectivity index (χ2v) is 4.55. The zero-order valence-electron chi connectivity index (χ0n) is 10.8. The van der Waals surface area contributed by atoms with E-state index in [1.54, 1.807) is 13.0 Å². The Morgan fingerprint density at radius 3 is 2.70 bits per heavy atom. The lowest BCUT2D eigenvalue weighted by Crippen LogP contribution is -2.26.